The van der Waals surface area contributed by atoms with Crippen molar-refractivity contribution in [3.05, 3.63) is 28.8 Å². The van der Waals surface area contributed by atoms with Crippen molar-refractivity contribution in [1.82, 2.24) is 0 Å². The van der Waals surface area contributed by atoms with E-state index < -0.39 is 0 Å². The second kappa shape index (κ2) is 6.62. The Bertz CT molecular complexity index is 340. The van der Waals surface area contributed by atoms with Gasteiger partial charge in [-0.2, -0.15) is 0 Å². The predicted molar refractivity (Wildman–Crippen MR) is 70.3 cm³/mol. The zero-order valence-corrected chi connectivity index (χ0v) is 11.0. The third-order valence-corrected chi connectivity index (χ3v) is 3.10. The fourth-order valence-corrected chi connectivity index (χ4v) is 2.26. The van der Waals surface area contributed by atoms with Crippen molar-refractivity contribution in [3.63, 3.8) is 0 Å². The molecule has 1 aromatic rings. The molecule has 1 unspecified atom stereocenters. The van der Waals surface area contributed by atoms with E-state index in [0.717, 1.165) is 25.0 Å². The Labute approximate surface area is 104 Å². The number of unbranched alkanes of at least 4 members (excludes halogenated alkanes) is 1. The van der Waals surface area contributed by atoms with Crippen LogP contribution in [0.25, 0.3) is 0 Å². The molecule has 0 amide bonds. The van der Waals surface area contributed by atoms with Crippen LogP contribution in [-0.2, 0) is 0 Å². The summed E-state index contributed by atoms with van der Waals surface area (Å²) in [5.41, 5.74) is 9.78. The van der Waals surface area contributed by atoms with Crippen LogP contribution >= 0.6 is 0 Å². The van der Waals surface area contributed by atoms with Gasteiger partial charge >= 0.3 is 0 Å². The molecule has 0 aliphatic heterocycles. The molecule has 0 fully saturated rings. The van der Waals surface area contributed by atoms with E-state index in [1.165, 1.54) is 16.7 Å². The summed E-state index contributed by atoms with van der Waals surface area (Å²) in [6.45, 7) is 4.38. The maximum absolute atomic E-state index is 8.77. The fourth-order valence-electron chi connectivity index (χ4n) is 2.26. The van der Waals surface area contributed by atoms with Crippen LogP contribution in [0.3, 0.4) is 0 Å². The minimum absolute atomic E-state index is 0.0486. The van der Waals surface area contributed by atoms with E-state index in [9.17, 15) is 0 Å². The van der Waals surface area contributed by atoms with Crippen LogP contribution < -0.4 is 10.5 Å². The molecule has 17 heavy (non-hydrogen) atoms. The first-order valence-corrected chi connectivity index (χ1v) is 6.11. The lowest BCUT2D eigenvalue weighted by Crippen LogP contribution is -2.13. The lowest BCUT2D eigenvalue weighted by atomic mass is 9.93. The van der Waals surface area contributed by atoms with E-state index in [1.54, 1.807) is 7.11 Å². The molecule has 0 aliphatic carbocycles. The molecule has 96 valence electrons. The third-order valence-electron chi connectivity index (χ3n) is 3.10. The van der Waals surface area contributed by atoms with Crippen molar-refractivity contribution in [1.29, 1.82) is 0 Å². The molecule has 0 saturated carbocycles. The molecule has 1 aromatic carbocycles. The highest BCUT2D eigenvalue weighted by Crippen LogP contribution is 2.28. The van der Waals surface area contributed by atoms with Gasteiger partial charge in [0.1, 0.15) is 5.75 Å². The van der Waals surface area contributed by atoms with Crippen molar-refractivity contribution in [2.75, 3.05) is 13.7 Å². The van der Waals surface area contributed by atoms with Gasteiger partial charge in [-0.15, -0.1) is 0 Å². The molecular formula is C14H23NO2. The van der Waals surface area contributed by atoms with Gasteiger partial charge in [-0.1, -0.05) is 0 Å². The Hall–Kier alpha value is -1.06. The van der Waals surface area contributed by atoms with Crippen LogP contribution in [0.15, 0.2) is 12.1 Å². The molecule has 0 heterocycles. The Morgan fingerprint density at radius 1 is 1.24 bits per heavy atom. The van der Waals surface area contributed by atoms with E-state index >= 15 is 0 Å². The summed E-state index contributed by atoms with van der Waals surface area (Å²) in [7, 11) is 1.68. The van der Waals surface area contributed by atoms with E-state index in [-0.39, 0.29) is 12.6 Å². The lowest BCUT2D eigenvalue weighted by molar-refractivity contribution is 0.281. The van der Waals surface area contributed by atoms with Crippen LogP contribution in [0, 0.1) is 13.8 Å². The maximum atomic E-state index is 8.77. The number of nitrogens with two attached hydrogens (primary N) is 1. The zero-order valence-electron chi connectivity index (χ0n) is 11.0. The van der Waals surface area contributed by atoms with Gasteiger partial charge in [0.25, 0.3) is 0 Å². The summed E-state index contributed by atoms with van der Waals surface area (Å²) in [6.07, 6.45) is 2.69. The monoisotopic (exact) mass is 237 g/mol. The first-order chi connectivity index (χ1) is 8.10. The fraction of sp³-hybridized carbons (Fsp3) is 0.571. The van der Waals surface area contributed by atoms with Crippen molar-refractivity contribution in [3.8, 4) is 5.75 Å². The van der Waals surface area contributed by atoms with Crippen LogP contribution in [0.1, 0.15) is 42.0 Å². The Kier molecular flexibility index (Phi) is 5.45. The van der Waals surface area contributed by atoms with Gasteiger partial charge in [-0.05, 0) is 61.9 Å². The molecule has 0 spiro atoms. The number of rotatable bonds is 6. The Morgan fingerprint density at radius 2 is 1.82 bits per heavy atom. The largest absolute Gasteiger partial charge is 0.497 e. The Balaban J connectivity index is 2.82. The summed E-state index contributed by atoms with van der Waals surface area (Å²) >= 11 is 0. The Morgan fingerprint density at radius 3 is 2.29 bits per heavy atom. The van der Waals surface area contributed by atoms with E-state index in [4.69, 9.17) is 15.6 Å². The smallest absolute Gasteiger partial charge is 0.119 e. The van der Waals surface area contributed by atoms with Gasteiger partial charge in [-0.25, -0.2) is 0 Å². The van der Waals surface area contributed by atoms with Crippen LogP contribution in [0.5, 0.6) is 5.75 Å². The number of hydrogen-bond donors (Lipinski definition) is 2. The summed E-state index contributed by atoms with van der Waals surface area (Å²) in [5, 5.41) is 8.77. The summed E-state index contributed by atoms with van der Waals surface area (Å²) < 4.78 is 5.24. The SMILES string of the molecule is COc1cc(C)c(C(N)CCCCO)c(C)c1. The van der Waals surface area contributed by atoms with E-state index in [2.05, 4.69) is 13.8 Å². The minimum Gasteiger partial charge on any atom is -0.497 e. The molecule has 1 rings (SSSR count). The third kappa shape index (κ3) is 3.72. The second-order valence-corrected chi connectivity index (χ2v) is 4.50. The standard InChI is InChI=1S/C14H23NO2/c1-10-8-12(17-3)9-11(2)14(10)13(15)6-4-5-7-16/h8-9,13,16H,4-7,15H2,1-3H3. The number of aliphatic hydroxyl groups excluding tert-OH is 1. The summed E-state index contributed by atoms with van der Waals surface area (Å²) in [6, 6.07) is 4.09. The molecule has 0 radical (unpaired) electrons. The highest BCUT2D eigenvalue weighted by atomic mass is 16.5. The van der Waals surface area contributed by atoms with E-state index in [1.807, 2.05) is 12.1 Å². The average molecular weight is 237 g/mol. The lowest BCUT2D eigenvalue weighted by Gasteiger charge is -2.18. The van der Waals surface area contributed by atoms with Crippen molar-refractivity contribution >= 4 is 0 Å². The zero-order chi connectivity index (χ0) is 12.8. The number of aliphatic hydroxyl groups is 1. The number of benzene rings is 1. The van der Waals surface area contributed by atoms with Crippen LogP contribution in [0.4, 0.5) is 0 Å². The van der Waals surface area contributed by atoms with Gasteiger partial charge in [-0.3, -0.25) is 0 Å². The first-order valence-electron chi connectivity index (χ1n) is 6.11. The molecule has 0 aliphatic rings. The quantitative estimate of drug-likeness (QED) is 0.747. The number of ether oxygens (including phenoxy) is 1. The van der Waals surface area contributed by atoms with Crippen molar-refractivity contribution in [2.24, 2.45) is 5.73 Å². The van der Waals surface area contributed by atoms with Crippen molar-refractivity contribution < 1.29 is 9.84 Å². The second-order valence-electron chi connectivity index (χ2n) is 4.50. The van der Waals surface area contributed by atoms with Gasteiger partial charge in [0.15, 0.2) is 0 Å². The molecule has 0 saturated heterocycles. The van der Waals surface area contributed by atoms with Gasteiger partial charge in [0.2, 0.25) is 0 Å². The summed E-state index contributed by atoms with van der Waals surface area (Å²) in [4.78, 5) is 0. The van der Waals surface area contributed by atoms with Crippen molar-refractivity contribution in [2.45, 2.75) is 39.2 Å². The molecule has 3 nitrogen and oxygen atoms in total. The van der Waals surface area contributed by atoms with Gasteiger partial charge in [0.05, 0.1) is 7.11 Å². The molecule has 3 N–H and O–H groups in total. The van der Waals surface area contributed by atoms with Gasteiger partial charge in [0, 0.05) is 12.6 Å². The number of hydrogen-bond acceptors (Lipinski definition) is 3. The highest BCUT2D eigenvalue weighted by molar-refractivity contribution is 5.42. The molecule has 0 bridgehead atoms. The average Bonchev–Trinajstić information content (AvgIpc) is 2.28. The molecule has 1 atom stereocenters. The van der Waals surface area contributed by atoms with Crippen LogP contribution in [0.2, 0.25) is 0 Å². The molecular weight excluding hydrogens is 214 g/mol. The van der Waals surface area contributed by atoms with Gasteiger partial charge < -0.3 is 15.6 Å². The van der Waals surface area contributed by atoms with Crippen LogP contribution in [-0.4, -0.2) is 18.8 Å². The first kappa shape index (κ1) is 14.0. The maximum Gasteiger partial charge on any atom is 0.119 e. The topological polar surface area (TPSA) is 55.5 Å². The molecule has 0 aromatic heterocycles. The number of aryl methyl sites for hydroxylation is 2. The highest BCUT2D eigenvalue weighted by Gasteiger charge is 2.12. The van der Waals surface area contributed by atoms with E-state index in [0.29, 0.717) is 0 Å². The number of methoxy groups -OCH3 is 1. The summed E-state index contributed by atoms with van der Waals surface area (Å²) in [5.74, 6) is 0.881. The normalized spacial score (nSPS) is 12.5. The minimum atomic E-state index is 0.0486. The molecule has 3 heteroatoms. The predicted octanol–water partition coefficient (Wildman–Crippen LogP) is 2.47.